The van der Waals surface area contributed by atoms with Gasteiger partial charge in [-0.15, -0.1) is 11.3 Å². The summed E-state index contributed by atoms with van der Waals surface area (Å²) in [5.74, 6) is 0.583. The summed E-state index contributed by atoms with van der Waals surface area (Å²) in [6.45, 7) is 3.97. The molecule has 1 amide bonds. The Hall–Kier alpha value is -2.74. The van der Waals surface area contributed by atoms with E-state index < -0.39 is 0 Å². The van der Waals surface area contributed by atoms with Gasteiger partial charge < -0.3 is 16.0 Å². The van der Waals surface area contributed by atoms with E-state index in [9.17, 15) is 4.79 Å². The number of rotatable bonds is 3. The first-order valence-corrected chi connectivity index (χ1v) is 9.77. The van der Waals surface area contributed by atoms with Crippen LogP contribution in [0.4, 0.5) is 11.6 Å². The molecular formula is C19H22N6OS. The first-order valence-electron chi connectivity index (χ1n) is 8.95. The number of fused-ring (bicyclic) bond motifs is 1. The molecule has 0 aliphatic carbocycles. The topological polar surface area (TPSA) is 97.0 Å². The Balaban J connectivity index is 1.69. The molecule has 3 N–H and O–H groups in total. The second-order valence-corrected chi connectivity index (χ2v) is 8.11. The fourth-order valence-electron chi connectivity index (χ4n) is 3.69. The van der Waals surface area contributed by atoms with Crippen molar-refractivity contribution in [2.45, 2.75) is 25.2 Å². The van der Waals surface area contributed by atoms with Crippen LogP contribution in [0, 0.1) is 0 Å². The van der Waals surface area contributed by atoms with Crippen molar-refractivity contribution >= 4 is 39.1 Å². The number of aromatic nitrogens is 3. The molecule has 7 nitrogen and oxygen atoms in total. The fourth-order valence-corrected chi connectivity index (χ4v) is 4.73. The van der Waals surface area contributed by atoms with Crippen molar-refractivity contribution in [3.05, 3.63) is 41.2 Å². The van der Waals surface area contributed by atoms with Crippen LogP contribution in [0.5, 0.6) is 0 Å². The molecule has 8 heteroatoms. The number of carbonyl (C=O) groups is 1. The number of nitrogens with two attached hydrogens (primary N) is 1. The lowest BCUT2D eigenvalue weighted by Crippen LogP contribution is -2.45. The number of pyridine rings is 1. The van der Waals surface area contributed by atoms with Gasteiger partial charge in [-0.2, -0.15) is 0 Å². The molecule has 0 spiro atoms. The number of anilines is 2. The van der Waals surface area contributed by atoms with Crippen LogP contribution in [-0.4, -0.2) is 41.0 Å². The molecule has 0 radical (unpaired) electrons. The van der Waals surface area contributed by atoms with Crippen molar-refractivity contribution in [2.24, 2.45) is 0 Å². The van der Waals surface area contributed by atoms with Crippen molar-refractivity contribution in [1.29, 1.82) is 0 Å². The van der Waals surface area contributed by atoms with E-state index in [-0.39, 0.29) is 11.3 Å². The van der Waals surface area contributed by atoms with Crippen LogP contribution in [0.2, 0.25) is 0 Å². The van der Waals surface area contributed by atoms with Crippen molar-refractivity contribution in [3.8, 4) is 0 Å². The van der Waals surface area contributed by atoms with Gasteiger partial charge in [0.25, 0.3) is 5.91 Å². The molecule has 1 aliphatic rings. The largest absolute Gasteiger partial charge is 0.397 e. The molecule has 0 bridgehead atoms. The molecule has 0 unspecified atom stereocenters. The van der Waals surface area contributed by atoms with Crippen LogP contribution < -0.4 is 16.0 Å². The quantitative estimate of drug-likeness (QED) is 0.723. The minimum atomic E-state index is -0.173. The van der Waals surface area contributed by atoms with Crippen LogP contribution in [0.15, 0.2) is 30.6 Å². The molecule has 1 aliphatic heterocycles. The van der Waals surface area contributed by atoms with Crippen LogP contribution in [0.3, 0.4) is 0 Å². The summed E-state index contributed by atoms with van der Waals surface area (Å²) in [6.07, 6.45) is 5.63. The Bertz CT molecular complexity index is 989. The average Bonchev–Trinajstić information content (AvgIpc) is 3.04. The standard InChI is InChI=1S/C19H22N6OS/c1-19(7-3-10-25(11-19)18-22-8-4-9-23-18)13-6-5-12-14(20)15(16(26)21-2)27-17(12)24-13/h4-6,8-9H,3,7,10-11,20H2,1-2H3,(H,21,26)/t19-/m1/s1. The van der Waals surface area contributed by atoms with E-state index >= 15 is 0 Å². The van der Waals surface area contributed by atoms with Gasteiger partial charge in [-0.05, 0) is 31.0 Å². The van der Waals surface area contributed by atoms with E-state index in [0.29, 0.717) is 10.6 Å². The minimum absolute atomic E-state index is 0.114. The molecule has 0 saturated carbocycles. The van der Waals surface area contributed by atoms with Crippen LogP contribution in [0.1, 0.15) is 35.1 Å². The molecule has 1 saturated heterocycles. The van der Waals surface area contributed by atoms with Gasteiger partial charge in [0.15, 0.2) is 0 Å². The van der Waals surface area contributed by atoms with E-state index in [1.807, 2.05) is 18.2 Å². The van der Waals surface area contributed by atoms with Crippen LogP contribution >= 0.6 is 11.3 Å². The normalized spacial score (nSPS) is 20.0. The Morgan fingerprint density at radius 3 is 2.85 bits per heavy atom. The number of piperidine rings is 1. The summed E-state index contributed by atoms with van der Waals surface area (Å²) in [4.78, 5) is 29.2. The number of thiophene rings is 1. The highest BCUT2D eigenvalue weighted by molar-refractivity contribution is 7.21. The van der Waals surface area contributed by atoms with Crippen molar-refractivity contribution in [3.63, 3.8) is 0 Å². The Morgan fingerprint density at radius 1 is 1.33 bits per heavy atom. The van der Waals surface area contributed by atoms with Gasteiger partial charge in [0.2, 0.25) is 5.95 Å². The molecule has 4 rings (SSSR count). The van der Waals surface area contributed by atoms with E-state index in [1.54, 1.807) is 19.4 Å². The van der Waals surface area contributed by atoms with Gasteiger partial charge in [0.05, 0.1) is 5.69 Å². The lowest BCUT2D eigenvalue weighted by atomic mass is 9.78. The number of hydrogen-bond acceptors (Lipinski definition) is 7. The van der Waals surface area contributed by atoms with Crippen molar-refractivity contribution in [1.82, 2.24) is 20.3 Å². The van der Waals surface area contributed by atoms with Crippen molar-refractivity contribution < 1.29 is 4.79 Å². The summed E-state index contributed by atoms with van der Waals surface area (Å²) in [6, 6.07) is 5.85. The molecule has 4 heterocycles. The zero-order chi connectivity index (χ0) is 19.0. The number of nitrogen functional groups attached to an aromatic ring is 1. The Morgan fingerprint density at radius 2 is 2.11 bits per heavy atom. The summed E-state index contributed by atoms with van der Waals surface area (Å²) in [7, 11) is 1.61. The van der Waals surface area contributed by atoms with Crippen LogP contribution in [0.25, 0.3) is 10.2 Å². The summed E-state index contributed by atoms with van der Waals surface area (Å²) >= 11 is 1.34. The number of hydrogen-bond donors (Lipinski definition) is 2. The number of nitrogens with zero attached hydrogens (tertiary/aromatic N) is 4. The molecule has 1 atom stereocenters. The summed E-state index contributed by atoms with van der Waals surface area (Å²) in [5, 5.41) is 3.47. The van der Waals surface area contributed by atoms with E-state index in [4.69, 9.17) is 10.7 Å². The zero-order valence-electron chi connectivity index (χ0n) is 15.4. The van der Waals surface area contributed by atoms with Crippen LogP contribution in [-0.2, 0) is 5.41 Å². The second kappa shape index (κ2) is 6.77. The van der Waals surface area contributed by atoms with Gasteiger partial charge in [-0.3, -0.25) is 4.79 Å². The maximum atomic E-state index is 12.0. The lowest BCUT2D eigenvalue weighted by Gasteiger charge is -2.40. The summed E-state index contributed by atoms with van der Waals surface area (Å²) in [5.41, 5.74) is 7.56. The molecule has 3 aromatic rings. The van der Waals surface area contributed by atoms with Gasteiger partial charge in [-0.1, -0.05) is 6.92 Å². The Labute approximate surface area is 161 Å². The highest BCUT2D eigenvalue weighted by Gasteiger charge is 2.35. The third kappa shape index (κ3) is 3.10. The third-order valence-electron chi connectivity index (χ3n) is 5.18. The van der Waals surface area contributed by atoms with Gasteiger partial charge in [0, 0.05) is 49.0 Å². The Kier molecular flexibility index (Phi) is 4.43. The van der Waals surface area contributed by atoms with E-state index in [0.717, 1.165) is 47.8 Å². The number of amides is 1. The maximum Gasteiger partial charge on any atom is 0.263 e. The number of nitrogens with one attached hydrogen (secondary N) is 1. The smallest absolute Gasteiger partial charge is 0.263 e. The lowest BCUT2D eigenvalue weighted by molar-refractivity contribution is 0.0968. The molecular weight excluding hydrogens is 360 g/mol. The minimum Gasteiger partial charge on any atom is -0.397 e. The van der Waals surface area contributed by atoms with Crippen molar-refractivity contribution in [2.75, 3.05) is 30.8 Å². The van der Waals surface area contributed by atoms with Gasteiger partial charge in [0.1, 0.15) is 9.71 Å². The van der Waals surface area contributed by atoms with E-state index in [1.165, 1.54) is 11.3 Å². The summed E-state index contributed by atoms with van der Waals surface area (Å²) < 4.78 is 0. The molecule has 3 aromatic heterocycles. The molecule has 140 valence electrons. The molecule has 1 fully saturated rings. The predicted octanol–water partition coefficient (Wildman–Crippen LogP) is 2.59. The third-order valence-corrected chi connectivity index (χ3v) is 6.29. The zero-order valence-corrected chi connectivity index (χ0v) is 16.2. The second-order valence-electron chi connectivity index (χ2n) is 7.11. The monoisotopic (exact) mass is 382 g/mol. The first-order chi connectivity index (χ1) is 13.0. The fraction of sp³-hybridized carbons (Fsp3) is 0.368. The highest BCUT2D eigenvalue weighted by Crippen LogP contribution is 2.38. The average molecular weight is 382 g/mol. The van der Waals surface area contributed by atoms with E-state index in [2.05, 4.69) is 27.1 Å². The highest BCUT2D eigenvalue weighted by atomic mass is 32.1. The van der Waals surface area contributed by atoms with Gasteiger partial charge in [-0.25, -0.2) is 15.0 Å². The van der Waals surface area contributed by atoms with Gasteiger partial charge >= 0.3 is 0 Å². The first kappa shape index (κ1) is 17.7. The SMILES string of the molecule is CNC(=O)c1sc2nc([C@]3(C)CCCN(c4ncccn4)C3)ccc2c1N. The molecule has 0 aromatic carbocycles. The maximum absolute atomic E-state index is 12.0. The molecule has 27 heavy (non-hydrogen) atoms. The number of carbonyl (C=O) groups excluding carboxylic acids is 1. The predicted molar refractivity (Wildman–Crippen MR) is 108 cm³/mol.